The first-order valence-electron chi connectivity index (χ1n) is 4.34. The number of hydrogen-bond acceptors (Lipinski definition) is 4. The fourth-order valence-corrected chi connectivity index (χ4v) is 1.23. The zero-order chi connectivity index (χ0) is 8.81. The second kappa shape index (κ2) is 7.17. The van der Waals surface area contributed by atoms with Crippen molar-refractivity contribution in [2.45, 2.75) is 6.42 Å². The SMILES string of the molecule is Br.NCCCN1C=CN(CCO)C1. The molecule has 0 saturated heterocycles. The maximum absolute atomic E-state index is 8.67. The molecule has 4 nitrogen and oxygen atoms in total. The van der Waals surface area contributed by atoms with E-state index in [0.29, 0.717) is 0 Å². The number of aliphatic hydroxyl groups excluding tert-OH is 1. The summed E-state index contributed by atoms with van der Waals surface area (Å²) >= 11 is 0. The number of rotatable bonds is 5. The molecule has 0 radical (unpaired) electrons. The van der Waals surface area contributed by atoms with Gasteiger partial charge in [0.15, 0.2) is 0 Å². The predicted molar refractivity (Wildman–Crippen MR) is 58.5 cm³/mol. The third-order valence-electron chi connectivity index (χ3n) is 1.89. The molecule has 0 aromatic rings. The van der Waals surface area contributed by atoms with E-state index in [-0.39, 0.29) is 23.6 Å². The molecule has 0 aromatic carbocycles. The first-order chi connectivity index (χ1) is 5.86. The molecule has 1 rings (SSSR count). The van der Waals surface area contributed by atoms with E-state index in [4.69, 9.17) is 10.8 Å². The van der Waals surface area contributed by atoms with Crippen molar-refractivity contribution in [2.75, 3.05) is 32.9 Å². The zero-order valence-electron chi connectivity index (χ0n) is 7.72. The lowest BCUT2D eigenvalue weighted by atomic mass is 10.4. The summed E-state index contributed by atoms with van der Waals surface area (Å²) in [5.74, 6) is 0. The van der Waals surface area contributed by atoms with Crippen LogP contribution in [0.2, 0.25) is 0 Å². The summed E-state index contributed by atoms with van der Waals surface area (Å²) in [6.07, 6.45) is 5.08. The van der Waals surface area contributed by atoms with Crippen molar-refractivity contribution in [1.29, 1.82) is 0 Å². The summed E-state index contributed by atoms with van der Waals surface area (Å²) in [6, 6.07) is 0. The van der Waals surface area contributed by atoms with Crippen LogP contribution in [0.3, 0.4) is 0 Å². The molecule has 1 heterocycles. The molecule has 0 aromatic heterocycles. The topological polar surface area (TPSA) is 52.7 Å². The van der Waals surface area contributed by atoms with Crippen LogP contribution in [0.4, 0.5) is 0 Å². The summed E-state index contributed by atoms with van der Waals surface area (Å²) in [5.41, 5.74) is 5.40. The van der Waals surface area contributed by atoms with Crippen LogP contribution in [0, 0.1) is 0 Å². The molecule has 1 aliphatic rings. The number of aliphatic hydroxyl groups is 1. The highest BCUT2D eigenvalue weighted by molar-refractivity contribution is 8.93. The molecule has 0 fully saturated rings. The molecule has 78 valence electrons. The molecule has 0 amide bonds. The second-order valence-electron chi connectivity index (χ2n) is 2.93. The highest BCUT2D eigenvalue weighted by Crippen LogP contribution is 2.05. The molecule has 3 N–H and O–H groups in total. The van der Waals surface area contributed by atoms with Gasteiger partial charge in [0, 0.05) is 25.5 Å². The van der Waals surface area contributed by atoms with Crippen molar-refractivity contribution in [3.8, 4) is 0 Å². The molecule has 0 atom stereocenters. The largest absolute Gasteiger partial charge is 0.395 e. The normalized spacial score (nSPS) is 14.9. The molecule has 13 heavy (non-hydrogen) atoms. The van der Waals surface area contributed by atoms with Crippen molar-refractivity contribution < 1.29 is 5.11 Å². The standard InChI is InChI=1S/C8H17N3O.BrH/c9-2-1-3-10-4-5-11(8-10)6-7-12;/h4-5,12H,1-3,6-9H2;1H. The lowest BCUT2D eigenvalue weighted by Crippen LogP contribution is -2.28. The van der Waals surface area contributed by atoms with Gasteiger partial charge < -0.3 is 20.6 Å². The molecule has 0 aliphatic carbocycles. The van der Waals surface area contributed by atoms with Crippen LogP contribution in [-0.2, 0) is 0 Å². The van der Waals surface area contributed by atoms with Crippen LogP contribution in [0.15, 0.2) is 12.4 Å². The summed E-state index contributed by atoms with van der Waals surface area (Å²) in [5, 5.41) is 8.67. The smallest absolute Gasteiger partial charge is 0.0894 e. The first kappa shape index (κ1) is 12.7. The Morgan fingerprint density at radius 1 is 1.23 bits per heavy atom. The Kier molecular flexibility index (Phi) is 7.03. The van der Waals surface area contributed by atoms with Crippen LogP contribution in [0.25, 0.3) is 0 Å². The minimum atomic E-state index is 0. The maximum atomic E-state index is 8.67. The van der Waals surface area contributed by atoms with E-state index in [1.807, 2.05) is 12.4 Å². The zero-order valence-corrected chi connectivity index (χ0v) is 9.44. The Morgan fingerprint density at radius 3 is 2.38 bits per heavy atom. The van der Waals surface area contributed by atoms with Gasteiger partial charge in [0.1, 0.15) is 0 Å². The van der Waals surface area contributed by atoms with Crippen molar-refractivity contribution in [1.82, 2.24) is 9.80 Å². The Bertz CT molecular complexity index is 154. The molecule has 5 heteroatoms. The molecule has 0 bridgehead atoms. The van der Waals surface area contributed by atoms with Gasteiger partial charge in [0.25, 0.3) is 0 Å². The minimum Gasteiger partial charge on any atom is -0.395 e. The number of β-amino-alcohol motifs (C(OH)–C–C–N with tert-alkyl or cyclic N) is 1. The Morgan fingerprint density at radius 2 is 1.85 bits per heavy atom. The van der Waals surface area contributed by atoms with Crippen LogP contribution in [0.1, 0.15) is 6.42 Å². The highest BCUT2D eigenvalue weighted by atomic mass is 79.9. The summed E-state index contributed by atoms with van der Waals surface area (Å²) in [7, 11) is 0. The molecule has 1 aliphatic heterocycles. The van der Waals surface area contributed by atoms with Gasteiger partial charge >= 0.3 is 0 Å². The summed E-state index contributed by atoms with van der Waals surface area (Å²) < 4.78 is 0. The van der Waals surface area contributed by atoms with E-state index < -0.39 is 0 Å². The molecule has 0 saturated carbocycles. The molecular weight excluding hydrogens is 234 g/mol. The van der Waals surface area contributed by atoms with Crippen LogP contribution in [0.5, 0.6) is 0 Å². The first-order valence-corrected chi connectivity index (χ1v) is 4.34. The van der Waals surface area contributed by atoms with Gasteiger partial charge in [-0.3, -0.25) is 0 Å². The molecular formula is C8H18BrN3O. The highest BCUT2D eigenvalue weighted by Gasteiger charge is 2.09. The quantitative estimate of drug-likeness (QED) is 0.720. The maximum Gasteiger partial charge on any atom is 0.0894 e. The third-order valence-corrected chi connectivity index (χ3v) is 1.89. The van der Waals surface area contributed by atoms with E-state index in [9.17, 15) is 0 Å². The number of hydrogen-bond donors (Lipinski definition) is 2. The lowest BCUT2D eigenvalue weighted by Gasteiger charge is -2.19. The average molecular weight is 252 g/mol. The van der Waals surface area contributed by atoms with Gasteiger partial charge in [-0.15, -0.1) is 17.0 Å². The minimum absolute atomic E-state index is 0. The summed E-state index contributed by atoms with van der Waals surface area (Å²) in [6.45, 7) is 3.57. The van der Waals surface area contributed by atoms with Gasteiger partial charge in [-0.1, -0.05) is 0 Å². The van der Waals surface area contributed by atoms with Gasteiger partial charge in [-0.05, 0) is 13.0 Å². The van der Waals surface area contributed by atoms with E-state index >= 15 is 0 Å². The van der Waals surface area contributed by atoms with Gasteiger partial charge in [0.05, 0.1) is 13.3 Å². The second-order valence-corrected chi connectivity index (χ2v) is 2.93. The van der Waals surface area contributed by atoms with Crippen LogP contribution in [-0.4, -0.2) is 47.8 Å². The van der Waals surface area contributed by atoms with Crippen molar-refractivity contribution in [3.05, 3.63) is 12.4 Å². The van der Waals surface area contributed by atoms with E-state index in [0.717, 1.165) is 32.7 Å². The van der Waals surface area contributed by atoms with Crippen LogP contribution >= 0.6 is 17.0 Å². The van der Waals surface area contributed by atoms with Gasteiger partial charge in [-0.25, -0.2) is 0 Å². The number of nitrogens with zero attached hydrogens (tertiary/aromatic N) is 2. The Hall–Kier alpha value is -0.260. The molecule has 0 spiro atoms. The summed E-state index contributed by atoms with van der Waals surface area (Å²) in [4.78, 5) is 4.28. The van der Waals surface area contributed by atoms with Gasteiger partial charge in [0.2, 0.25) is 0 Å². The Balaban J connectivity index is 0.00000144. The van der Waals surface area contributed by atoms with Gasteiger partial charge in [-0.2, -0.15) is 0 Å². The Labute approximate surface area is 89.8 Å². The third kappa shape index (κ3) is 4.50. The van der Waals surface area contributed by atoms with E-state index in [1.165, 1.54) is 0 Å². The predicted octanol–water partition coefficient (Wildman–Crippen LogP) is -0.0483. The average Bonchev–Trinajstić information content (AvgIpc) is 2.50. The fourth-order valence-electron chi connectivity index (χ4n) is 1.23. The van der Waals surface area contributed by atoms with Crippen LogP contribution < -0.4 is 5.73 Å². The van der Waals surface area contributed by atoms with E-state index in [1.54, 1.807) is 0 Å². The van der Waals surface area contributed by atoms with E-state index in [2.05, 4.69) is 9.80 Å². The molecule has 0 unspecified atom stereocenters. The van der Waals surface area contributed by atoms with Crippen molar-refractivity contribution >= 4 is 17.0 Å². The lowest BCUT2D eigenvalue weighted by molar-refractivity contribution is 0.205. The van der Waals surface area contributed by atoms with Crippen molar-refractivity contribution in [2.24, 2.45) is 5.73 Å². The fraction of sp³-hybridized carbons (Fsp3) is 0.750. The number of nitrogens with two attached hydrogens (primary N) is 1. The van der Waals surface area contributed by atoms with Crippen molar-refractivity contribution in [3.63, 3.8) is 0 Å². The number of halogens is 1. The monoisotopic (exact) mass is 251 g/mol.